The molecule has 7 nitrogen and oxygen atoms in total. The van der Waals surface area contributed by atoms with Crippen molar-refractivity contribution in [3.63, 3.8) is 0 Å². The maximum absolute atomic E-state index is 14.1. The molecular formula is C20H24FN3O4. The van der Waals surface area contributed by atoms with Gasteiger partial charge in [-0.25, -0.2) is 9.18 Å². The van der Waals surface area contributed by atoms with E-state index in [1.54, 1.807) is 26.0 Å². The number of hydrogen-bond donors (Lipinski definition) is 4. The van der Waals surface area contributed by atoms with Crippen molar-refractivity contribution >= 4 is 23.3 Å². The Kier molecular flexibility index (Phi) is 7.34. The Hall–Kier alpha value is -3.13. The molecule has 0 unspecified atom stereocenters. The molecule has 0 saturated heterocycles. The molecule has 2 aromatic carbocycles. The number of nitrogens with zero attached hydrogens (tertiary/aromatic N) is 1. The second kappa shape index (κ2) is 9.70. The Morgan fingerprint density at radius 2 is 1.89 bits per heavy atom. The molecule has 2 rings (SSSR count). The predicted molar refractivity (Wildman–Crippen MR) is 105 cm³/mol. The van der Waals surface area contributed by atoms with E-state index in [2.05, 4.69) is 10.6 Å². The van der Waals surface area contributed by atoms with E-state index in [-0.39, 0.29) is 36.9 Å². The zero-order valence-electron chi connectivity index (χ0n) is 15.8. The van der Waals surface area contributed by atoms with Gasteiger partial charge in [0.2, 0.25) is 5.91 Å². The number of phenols is 1. The Morgan fingerprint density at radius 3 is 2.54 bits per heavy atom. The van der Waals surface area contributed by atoms with E-state index in [4.69, 9.17) is 0 Å². The SMILES string of the molecule is CCC(=O)Nc1ccc(F)c(NC(=O)N(CC)C[C@H](O)c2cccc(O)c2)c1. The third-order valence-corrected chi connectivity index (χ3v) is 4.13. The van der Waals surface area contributed by atoms with Crippen LogP contribution in [-0.2, 0) is 4.79 Å². The van der Waals surface area contributed by atoms with Gasteiger partial charge in [0.15, 0.2) is 0 Å². The monoisotopic (exact) mass is 389 g/mol. The number of benzene rings is 2. The lowest BCUT2D eigenvalue weighted by Crippen LogP contribution is -2.38. The van der Waals surface area contributed by atoms with Crippen LogP contribution in [0.4, 0.5) is 20.6 Å². The Labute approximate surface area is 162 Å². The van der Waals surface area contributed by atoms with Gasteiger partial charge < -0.3 is 25.7 Å². The lowest BCUT2D eigenvalue weighted by atomic mass is 10.1. The van der Waals surface area contributed by atoms with Crippen molar-refractivity contribution in [1.82, 2.24) is 4.90 Å². The van der Waals surface area contributed by atoms with Crippen molar-refractivity contribution in [3.8, 4) is 5.75 Å². The van der Waals surface area contributed by atoms with E-state index < -0.39 is 18.0 Å². The highest BCUT2D eigenvalue weighted by Gasteiger charge is 2.19. The highest BCUT2D eigenvalue weighted by molar-refractivity contribution is 5.93. The lowest BCUT2D eigenvalue weighted by Gasteiger charge is -2.24. The number of likely N-dealkylation sites (N-methyl/N-ethyl adjacent to an activating group) is 1. The summed E-state index contributed by atoms with van der Waals surface area (Å²) in [5, 5.41) is 24.9. The molecule has 8 heteroatoms. The molecule has 0 saturated carbocycles. The fourth-order valence-corrected chi connectivity index (χ4v) is 2.54. The second-order valence-electron chi connectivity index (χ2n) is 6.18. The summed E-state index contributed by atoms with van der Waals surface area (Å²) in [7, 11) is 0. The summed E-state index contributed by atoms with van der Waals surface area (Å²) in [6, 6.07) is 9.41. The quantitative estimate of drug-likeness (QED) is 0.582. The van der Waals surface area contributed by atoms with Crippen LogP contribution in [0.5, 0.6) is 5.75 Å². The number of hydrogen-bond acceptors (Lipinski definition) is 4. The topological polar surface area (TPSA) is 102 Å². The number of urea groups is 1. The number of aromatic hydroxyl groups is 1. The maximum Gasteiger partial charge on any atom is 0.322 e. The molecule has 0 spiro atoms. The molecule has 0 aliphatic rings. The van der Waals surface area contributed by atoms with Gasteiger partial charge in [0.1, 0.15) is 11.6 Å². The van der Waals surface area contributed by atoms with E-state index in [0.717, 1.165) is 6.07 Å². The van der Waals surface area contributed by atoms with Crippen LogP contribution in [0, 0.1) is 5.82 Å². The number of amides is 3. The average molecular weight is 389 g/mol. The van der Waals surface area contributed by atoms with Crippen LogP contribution in [0.25, 0.3) is 0 Å². The van der Waals surface area contributed by atoms with Gasteiger partial charge in [-0.1, -0.05) is 19.1 Å². The third-order valence-electron chi connectivity index (χ3n) is 4.13. The average Bonchev–Trinajstić information content (AvgIpc) is 2.68. The normalized spacial score (nSPS) is 11.6. The number of carbonyl (C=O) groups excluding carboxylic acids is 2. The zero-order valence-corrected chi connectivity index (χ0v) is 15.8. The highest BCUT2D eigenvalue weighted by atomic mass is 19.1. The van der Waals surface area contributed by atoms with Gasteiger partial charge in [0, 0.05) is 18.7 Å². The summed E-state index contributed by atoms with van der Waals surface area (Å²) in [5.41, 5.74) is 0.747. The van der Waals surface area contributed by atoms with Crippen LogP contribution < -0.4 is 10.6 Å². The molecule has 0 aromatic heterocycles. The Morgan fingerprint density at radius 1 is 1.14 bits per heavy atom. The first kappa shape index (κ1) is 21.2. The molecule has 0 radical (unpaired) electrons. The molecular weight excluding hydrogens is 365 g/mol. The van der Waals surface area contributed by atoms with Gasteiger partial charge >= 0.3 is 6.03 Å². The lowest BCUT2D eigenvalue weighted by molar-refractivity contribution is -0.115. The minimum absolute atomic E-state index is 0.0112. The fourth-order valence-electron chi connectivity index (χ4n) is 2.54. The zero-order chi connectivity index (χ0) is 20.7. The largest absolute Gasteiger partial charge is 0.508 e. The van der Waals surface area contributed by atoms with Crippen LogP contribution in [0.2, 0.25) is 0 Å². The van der Waals surface area contributed by atoms with Crippen LogP contribution in [0.1, 0.15) is 31.9 Å². The van der Waals surface area contributed by atoms with Crippen molar-refractivity contribution in [2.24, 2.45) is 0 Å². The van der Waals surface area contributed by atoms with E-state index in [1.807, 2.05) is 0 Å². The van der Waals surface area contributed by atoms with E-state index in [0.29, 0.717) is 11.3 Å². The third kappa shape index (κ3) is 5.68. The molecule has 2 aromatic rings. The second-order valence-corrected chi connectivity index (χ2v) is 6.18. The minimum Gasteiger partial charge on any atom is -0.508 e. The molecule has 0 heterocycles. The van der Waals surface area contributed by atoms with Gasteiger partial charge in [-0.3, -0.25) is 4.79 Å². The molecule has 0 aliphatic carbocycles. The first-order valence-corrected chi connectivity index (χ1v) is 8.96. The number of nitrogens with one attached hydrogen (secondary N) is 2. The molecule has 150 valence electrons. The van der Waals surface area contributed by atoms with Crippen molar-refractivity contribution < 1.29 is 24.2 Å². The number of carbonyl (C=O) groups is 2. The van der Waals surface area contributed by atoms with Gasteiger partial charge in [-0.2, -0.15) is 0 Å². The number of phenolic OH excluding ortho intramolecular Hbond substituents is 1. The van der Waals surface area contributed by atoms with Crippen LogP contribution >= 0.6 is 0 Å². The molecule has 28 heavy (non-hydrogen) atoms. The van der Waals surface area contributed by atoms with Gasteiger partial charge in [-0.15, -0.1) is 0 Å². The van der Waals surface area contributed by atoms with Gasteiger partial charge in [-0.05, 0) is 42.8 Å². The fraction of sp³-hybridized carbons (Fsp3) is 0.300. The minimum atomic E-state index is -1.02. The van der Waals surface area contributed by atoms with Gasteiger partial charge in [0.05, 0.1) is 18.3 Å². The van der Waals surface area contributed by atoms with Crippen LogP contribution in [-0.4, -0.2) is 40.1 Å². The molecule has 4 N–H and O–H groups in total. The predicted octanol–water partition coefficient (Wildman–Crippen LogP) is 3.47. The van der Waals surface area contributed by atoms with E-state index >= 15 is 0 Å². The van der Waals surface area contributed by atoms with Crippen molar-refractivity contribution in [2.45, 2.75) is 26.4 Å². The van der Waals surface area contributed by atoms with Crippen LogP contribution in [0.15, 0.2) is 42.5 Å². The summed E-state index contributed by atoms with van der Waals surface area (Å²) in [6.07, 6.45) is -0.742. The van der Waals surface area contributed by atoms with Gasteiger partial charge in [0.25, 0.3) is 0 Å². The molecule has 1 atom stereocenters. The van der Waals surface area contributed by atoms with Crippen molar-refractivity contribution in [2.75, 3.05) is 23.7 Å². The molecule has 0 aliphatic heterocycles. The number of aliphatic hydroxyl groups excluding tert-OH is 1. The highest BCUT2D eigenvalue weighted by Crippen LogP contribution is 2.22. The molecule has 3 amide bonds. The number of rotatable bonds is 7. The Bertz CT molecular complexity index is 844. The van der Waals surface area contributed by atoms with E-state index in [9.17, 15) is 24.2 Å². The molecule has 0 fully saturated rings. The first-order chi connectivity index (χ1) is 13.3. The van der Waals surface area contributed by atoms with Crippen molar-refractivity contribution in [1.29, 1.82) is 0 Å². The first-order valence-electron chi connectivity index (χ1n) is 8.96. The summed E-state index contributed by atoms with van der Waals surface area (Å²) >= 11 is 0. The number of halogens is 1. The summed E-state index contributed by atoms with van der Waals surface area (Å²) < 4.78 is 14.1. The summed E-state index contributed by atoms with van der Waals surface area (Å²) in [6.45, 7) is 3.65. The summed E-state index contributed by atoms with van der Waals surface area (Å²) in [4.78, 5) is 25.3. The summed E-state index contributed by atoms with van der Waals surface area (Å²) in [5.74, 6) is -0.863. The number of aliphatic hydroxyl groups is 1. The maximum atomic E-state index is 14.1. The van der Waals surface area contributed by atoms with Crippen LogP contribution in [0.3, 0.4) is 0 Å². The number of anilines is 2. The standard InChI is InChI=1S/C20H24FN3O4/c1-3-19(27)22-14-8-9-16(21)17(11-14)23-20(28)24(4-2)12-18(26)13-6-5-7-15(25)10-13/h5-11,18,25-26H,3-4,12H2,1-2H3,(H,22,27)(H,23,28)/t18-/m0/s1. The Balaban J connectivity index is 2.09. The molecule has 0 bridgehead atoms. The van der Waals surface area contributed by atoms with Crippen molar-refractivity contribution in [3.05, 3.63) is 53.8 Å². The smallest absolute Gasteiger partial charge is 0.322 e. The van der Waals surface area contributed by atoms with E-state index in [1.165, 1.54) is 29.2 Å².